The van der Waals surface area contributed by atoms with E-state index in [4.69, 9.17) is 0 Å². The molecular formula is C17H22. The molecule has 0 heteroatoms. The van der Waals surface area contributed by atoms with Crippen LogP contribution in [-0.2, 0) is 0 Å². The summed E-state index contributed by atoms with van der Waals surface area (Å²) in [5.74, 6) is 0. The molecule has 1 aromatic rings. The molecule has 0 saturated carbocycles. The van der Waals surface area contributed by atoms with Crippen molar-refractivity contribution in [1.82, 2.24) is 0 Å². The molecule has 1 rings (SSSR count). The Kier molecular flexibility index (Phi) is 7.45. The Bertz CT molecular complexity index is 502. The first-order valence-electron chi connectivity index (χ1n) is 5.93. The lowest BCUT2D eigenvalue weighted by atomic mass is 10.0. The van der Waals surface area contributed by atoms with Gasteiger partial charge < -0.3 is 0 Å². The zero-order valence-electron chi connectivity index (χ0n) is 11.2. The summed E-state index contributed by atoms with van der Waals surface area (Å²) in [5.41, 5.74) is 2.17. The van der Waals surface area contributed by atoms with E-state index in [1.165, 1.54) is 0 Å². The first-order valence-corrected chi connectivity index (χ1v) is 5.93. The van der Waals surface area contributed by atoms with Crippen molar-refractivity contribution < 1.29 is 0 Å². The number of benzene rings is 1. The number of hydrogen-bond donors (Lipinski definition) is 0. The van der Waals surface area contributed by atoms with E-state index in [9.17, 15) is 0 Å². The van der Waals surface area contributed by atoms with Crippen LogP contribution in [0.15, 0.2) is 37.4 Å². The lowest BCUT2D eigenvalue weighted by Gasteiger charge is -2.00. The van der Waals surface area contributed by atoms with Crippen LogP contribution in [-0.4, -0.2) is 0 Å². The molecule has 0 aliphatic carbocycles. The van der Waals surface area contributed by atoms with Gasteiger partial charge in [0.25, 0.3) is 0 Å². The van der Waals surface area contributed by atoms with Gasteiger partial charge in [0.2, 0.25) is 0 Å². The maximum atomic E-state index is 4.01. The lowest BCUT2D eigenvalue weighted by Crippen LogP contribution is -2.23. The van der Waals surface area contributed by atoms with Crippen LogP contribution in [0.3, 0.4) is 0 Å². The van der Waals surface area contributed by atoms with E-state index in [0.29, 0.717) is 0 Å². The maximum absolute atomic E-state index is 4.01. The Morgan fingerprint density at radius 1 is 1.00 bits per heavy atom. The summed E-state index contributed by atoms with van der Waals surface area (Å²) >= 11 is 0. The van der Waals surface area contributed by atoms with Crippen molar-refractivity contribution in [3.05, 3.63) is 59.0 Å². The molecule has 0 atom stereocenters. The zero-order valence-corrected chi connectivity index (χ0v) is 11.2. The van der Waals surface area contributed by atoms with Crippen LogP contribution in [0.25, 0.3) is 24.8 Å². The molecule has 0 spiro atoms. The molecule has 0 nitrogen and oxygen atoms in total. The van der Waals surface area contributed by atoms with Gasteiger partial charge in [0.1, 0.15) is 0 Å². The van der Waals surface area contributed by atoms with E-state index in [2.05, 4.69) is 25.8 Å². The molecule has 0 bridgehead atoms. The Morgan fingerprint density at radius 3 is 2.00 bits per heavy atom. The van der Waals surface area contributed by atoms with Crippen LogP contribution in [0.2, 0.25) is 0 Å². The fourth-order valence-electron chi connectivity index (χ4n) is 1.41. The quantitative estimate of drug-likeness (QED) is 0.736. The summed E-state index contributed by atoms with van der Waals surface area (Å²) < 4.78 is 0. The highest BCUT2D eigenvalue weighted by atomic mass is 14.0. The maximum Gasteiger partial charge on any atom is -0.0184 e. The van der Waals surface area contributed by atoms with E-state index in [-0.39, 0.29) is 0 Å². The predicted octanol–water partition coefficient (Wildman–Crippen LogP) is 3.77. The van der Waals surface area contributed by atoms with E-state index in [1.807, 2.05) is 57.2 Å². The van der Waals surface area contributed by atoms with Crippen LogP contribution in [0, 0.1) is 0 Å². The second kappa shape index (κ2) is 8.35. The van der Waals surface area contributed by atoms with Crippen molar-refractivity contribution in [2.75, 3.05) is 0 Å². The molecular weight excluding hydrogens is 204 g/mol. The van der Waals surface area contributed by atoms with Crippen molar-refractivity contribution in [2.24, 2.45) is 0 Å². The number of rotatable bonds is 3. The summed E-state index contributed by atoms with van der Waals surface area (Å²) in [6.07, 6.45) is 9.70. The van der Waals surface area contributed by atoms with Gasteiger partial charge in [0.05, 0.1) is 0 Å². The molecule has 0 heterocycles. The molecule has 0 amide bonds. The van der Waals surface area contributed by atoms with E-state index in [1.54, 1.807) is 0 Å². The SMILES string of the molecule is C=Cc1cc(=C)/c(=C\C=C/C)cc1C=C.CC. The highest BCUT2D eigenvalue weighted by Gasteiger charge is 1.94. The summed E-state index contributed by atoms with van der Waals surface area (Å²) in [7, 11) is 0. The monoisotopic (exact) mass is 226 g/mol. The second-order valence-electron chi connectivity index (χ2n) is 3.28. The molecule has 0 aromatic heterocycles. The van der Waals surface area contributed by atoms with Gasteiger partial charge in [0.15, 0.2) is 0 Å². The number of hydrogen-bond acceptors (Lipinski definition) is 0. The molecule has 0 aliphatic rings. The molecule has 0 radical (unpaired) electrons. The number of allylic oxidation sites excluding steroid dienone is 2. The normalized spacial score (nSPS) is 10.9. The summed E-state index contributed by atoms with van der Waals surface area (Å²) in [6.45, 7) is 17.6. The average molecular weight is 226 g/mol. The highest BCUT2D eigenvalue weighted by Crippen LogP contribution is 2.06. The van der Waals surface area contributed by atoms with Gasteiger partial charge in [-0.15, -0.1) is 0 Å². The third-order valence-corrected chi connectivity index (χ3v) is 2.25. The molecule has 0 N–H and O–H groups in total. The predicted molar refractivity (Wildman–Crippen MR) is 82.0 cm³/mol. The van der Waals surface area contributed by atoms with Gasteiger partial charge in [-0.1, -0.05) is 64.0 Å². The molecule has 90 valence electrons. The van der Waals surface area contributed by atoms with Gasteiger partial charge in [-0.3, -0.25) is 0 Å². The molecule has 1 aromatic carbocycles. The van der Waals surface area contributed by atoms with Gasteiger partial charge in [-0.05, 0) is 40.6 Å². The molecule has 0 fully saturated rings. The largest absolute Gasteiger partial charge is 0.0984 e. The smallest absolute Gasteiger partial charge is 0.0184 e. The van der Waals surface area contributed by atoms with Crippen LogP contribution in [0.5, 0.6) is 0 Å². The zero-order chi connectivity index (χ0) is 13.3. The first kappa shape index (κ1) is 15.2. The summed E-state index contributed by atoms with van der Waals surface area (Å²) in [5, 5.41) is 2.13. The second-order valence-corrected chi connectivity index (χ2v) is 3.28. The van der Waals surface area contributed by atoms with Crippen LogP contribution < -0.4 is 10.4 Å². The van der Waals surface area contributed by atoms with Crippen molar-refractivity contribution in [2.45, 2.75) is 20.8 Å². The Morgan fingerprint density at radius 2 is 1.53 bits per heavy atom. The van der Waals surface area contributed by atoms with Crippen LogP contribution in [0.1, 0.15) is 31.9 Å². The van der Waals surface area contributed by atoms with E-state index >= 15 is 0 Å². The molecule has 17 heavy (non-hydrogen) atoms. The van der Waals surface area contributed by atoms with Crippen molar-refractivity contribution in [1.29, 1.82) is 0 Å². The van der Waals surface area contributed by atoms with Crippen molar-refractivity contribution in [3.63, 3.8) is 0 Å². The minimum atomic E-state index is 1.01. The van der Waals surface area contributed by atoms with Crippen LogP contribution >= 0.6 is 0 Å². The fraction of sp³-hybridized carbons (Fsp3) is 0.176. The van der Waals surface area contributed by atoms with Gasteiger partial charge in [0, 0.05) is 0 Å². The molecule has 0 aliphatic heterocycles. The Balaban J connectivity index is 0.00000121. The topological polar surface area (TPSA) is 0 Å². The van der Waals surface area contributed by atoms with Gasteiger partial charge in [-0.25, -0.2) is 0 Å². The van der Waals surface area contributed by atoms with E-state index < -0.39 is 0 Å². The molecule has 0 unspecified atom stereocenters. The third-order valence-electron chi connectivity index (χ3n) is 2.25. The highest BCUT2D eigenvalue weighted by molar-refractivity contribution is 5.64. The van der Waals surface area contributed by atoms with Crippen molar-refractivity contribution in [3.8, 4) is 0 Å². The van der Waals surface area contributed by atoms with Gasteiger partial charge >= 0.3 is 0 Å². The minimum Gasteiger partial charge on any atom is -0.0984 e. The average Bonchev–Trinajstić information content (AvgIpc) is 2.39. The summed E-state index contributed by atoms with van der Waals surface area (Å²) in [6, 6.07) is 4.10. The van der Waals surface area contributed by atoms with E-state index in [0.717, 1.165) is 21.6 Å². The summed E-state index contributed by atoms with van der Waals surface area (Å²) in [4.78, 5) is 0. The minimum absolute atomic E-state index is 1.01. The Hall–Kier alpha value is -1.82. The molecule has 0 saturated heterocycles. The Labute approximate surface area is 105 Å². The van der Waals surface area contributed by atoms with Crippen LogP contribution in [0.4, 0.5) is 0 Å². The third kappa shape index (κ3) is 4.28. The van der Waals surface area contributed by atoms with Gasteiger partial charge in [-0.2, -0.15) is 0 Å². The lowest BCUT2D eigenvalue weighted by molar-refractivity contribution is 1.48. The first-order chi connectivity index (χ1) is 8.22. The van der Waals surface area contributed by atoms with Crippen molar-refractivity contribution >= 4 is 24.8 Å². The standard InChI is InChI=1S/C15H16.C2H6/c1-5-8-9-15-11-14(7-3)13(6-2)10-12(15)4;1-2/h5-11H,2-4H2,1H3;1-2H3/b8-5-,15-9-;. The fourth-order valence-corrected chi connectivity index (χ4v) is 1.41.